The topological polar surface area (TPSA) is 66.2 Å². The monoisotopic (exact) mass is 374 g/mol. The summed E-state index contributed by atoms with van der Waals surface area (Å²) in [6.45, 7) is 10.8. The molecular formula is C19H23FN4O3. The predicted octanol–water partition coefficient (Wildman–Crippen LogP) is 2.42. The third-order valence-corrected chi connectivity index (χ3v) is 5.00. The molecule has 144 valence electrons. The van der Waals surface area contributed by atoms with Crippen molar-refractivity contribution >= 4 is 23.4 Å². The van der Waals surface area contributed by atoms with Crippen LogP contribution in [0.15, 0.2) is 18.2 Å². The molecule has 1 aromatic rings. The number of hydrogen-bond donors (Lipinski definition) is 1. The van der Waals surface area contributed by atoms with Crippen LogP contribution in [0, 0.1) is 18.3 Å². The van der Waals surface area contributed by atoms with E-state index < -0.39 is 12.2 Å². The van der Waals surface area contributed by atoms with E-state index >= 15 is 0 Å². The van der Waals surface area contributed by atoms with Crippen molar-refractivity contribution < 1.29 is 18.7 Å². The van der Waals surface area contributed by atoms with Gasteiger partial charge in [0.1, 0.15) is 11.9 Å². The molecule has 0 spiro atoms. The molecular weight excluding hydrogens is 351 g/mol. The van der Waals surface area contributed by atoms with Crippen LogP contribution in [0.1, 0.15) is 19.8 Å². The van der Waals surface area contributed by atoms with Crippen LogP contribution in [0.25, 0.3) is 4.85 Å². The van der Waals surface area contributed by atoms with Gasteiger partial charge in [0.2, 0.25) is 12.5 Å². The number of piperidine rings is 1. The number of carbonyl (C=O) groups excluding carboxylic acids is 2. The Bertz CT molecular complexity index is 756. The van der Waals surface area contributed by atoms with Crippen molar-refractivity contribution in [3.05, 3.63) is 35.4 Å². The first-order chi connectivity index (χ1) is 13.0. The molecule has 2 saturated heterocycles. The molecule has 0 saturated carbocycles. The lowest BCUT2D eigenvalue weighted by molar-refractivity contribution is -0.119. The molecule has 0 aromatic heterocycles. The smallest absolute Gasteiger partial charge is 0.414 e. The van der Waals surface area contributed by atoms with Crippen molar-refractivity contribution in [2.24, 2.45) is 5.92 Å². The van der Waals surface area contributed by atoms with Gasteiger partial charge in [0.25, 0.3) is 0 Å². The summed E-state index contributed by atoms with van der Waals surface area (Å²) in [6.07, 6.45) is 0.766. The van der Waals surface area contributed by atoms with Crippen molar-refractivity contribution in [3.8, 4) is 0 Å². The Morgan fingerprint density at radius 2 is 2.15 bits per heavy atom. The maximum Gasteiger partial charge on any atom is 0.414 e. The molecule has 2 fully saturated rings. The van der Waals surface area contributed by atoms with Crippen LogP contribution in [0.5, 0.6) is 0 Å². The first-order valence-electron chi connectivity index (χ1n) is 9.08. The van der Waals surface area contributed by atoms with Gasteiger partial charge >= 0.3 is 6.09 Å². The van der Waals surface area contributed by atoms with Gasteiger partial charge in [-0.1, -0.05) is 0 Å². The summed E-state index contributed by atoms with van der Waals surface area (Å²) in [5.74, 6) is -0.185. The first-order valence-corrected chi connectivity index (χ1v) is 9.08. The molecule has 2 aliphatic heterocycles. The van der Waals surface area contributed by atoms with Gasteiger partial charge in [-0.2, -0.15) is 0 Å². The Hall–Kier alpha value is -2.82. The summed E-state index contributed by atoms with van der Waals surface area (Å²) in [6, 6.07) is 4.75. The number of hydrogen-bond acceptors (Lipinski definition) is 4. The Kier molecular flexibility index (Phi) is 5.79. The minimum atomic E-state index is -0.544. The van der Waals surface area contributed by atoms with E-state index in [1.54, 1.807) is 12.1 Å². The number of cyclic esters (lactones) is 1. The van der Waals surface area contributed by atoms with E-state index in [4.69, 9.17) is 11.3 Å². The molecule has 2 heterocycles. The molecule has 27 heavy (non-hydrogen) atoms. The summed E-state index contributed by atoms with van der Waals surface area (Å²) in [5, 5.41) is 2.61. The summed E-state index contributed by atoms with van der Waals surface area (Å²) in [7, 11) is 0. The number of benzene rings is 1. The third kappa shape index (κ3) is 4.48. The Morgan fingerprint density at radius 3 is 2.78 bits per heavy atom. The van der Waals surface area contributed by atoms with Gasteiger partial charge in [-0.05, 0) is 31.0 Å². The Labute approximate surface area is 157 Å². The second-order valence-electron chi connectivity index (χ2n) is 6.96. The molecule has 7 nitrogen and oxygen atoms in total. The Morgan fingerprint density at radius 1 is 1.41 bits per heavy atom. The molecule has 1 atom stereocenters. The van der Waals surface area contributed by atoms with Gasteiger partial charge in [0.05, 0.1) is 24.5 Å². The minimum Gasteiger partial charge on any atom is -0.442 e. The number of carbonyl (C=O) groups is 2. The maximum absolute atomic E-state index is 14.7. The molecule has 1 N–H and O–H groups in total. The molecule has 0 bridgehead atoms. The number of ether oxygens (including phenoxy) is 1. The molecule has 3 rings (SSSR count). The van der Waals surface area contributed by atoms with E-state index in [9.17, 15) is 14.0 Å². The quantitative estimate of drug-likeness (QED) is 0.804. The highest BCUT2D eigenvalue weighted by Crippen LogP contribution is 2.30. The Balaban J connectivity index is 1.64. The zero-order valence-corrected chi connectivity index (χ0v) is 15.3. The lowest BCUT2D eigenvalue weighted by Gasteiger charge is -2.32. The average Bonchev–Trinajstić information content (AvgIpc) is 3.02. The minimum absolute atomic E-state index is 0.194. The number of nitrogens with zero attached hydrogens (tertiary/aromatic N) is 3. The molecule has 2 amide bonds. The van der Waals surface area contributed by atoms with Gasteiger partial charge in [-0.25, -0.2) is 15.8 Å². The standard InChI is InChI=1S/C19H23FN4O3/c1-13(25)22-11-16-12-24(19(26)27-16)15-3-4-18(17(20)9-15)23-7-5-14(6-8-23)10-21-2/h3-4,9,14,16H,5-8,10-12H2,1H3,(H,22,25)/t16-/m0/s1. The summed E-state index contributed by atoms with van der Waals surface area (Å²) >= 11 is 0. The highest BCUT2D eigenvalue weighted by Gasteiger charge is 2.33. The number of halogens is 1. The van der Waals surface area contributed by atoms with Crippen LogP contribution in [-0.4, -0.2) is 50.8 Å². The lowest BCUT2D eigenvalue weighted by atomic mass is 9.96. The fraction of sp³-hybridized carbons (Fsp3) is 0.526. The average molecular weight is 374 g/mol. The molecule has 8 heteroatoms. The number of nitrogens with one attached hydrogen (secondary N) is 1. The van der Waals surface area contributed by atoms with Crippen LogP contribution < -0.4 is 15.1 Å². The highest BCUT2D eigenvalue weighted by atomic mass is 19.1. The molecule has 0 radical (unpaired) electrons. The molecule has 2 aliphatic rings. The van der Waals surface area contributed by atoms with Gasteiger partial charge < -0.3 is 19.8 Å². The van der Waals surface area contributed by atoms with Crippen molar-refractivity contribution in [1.29, 1.82) is 0 Å². The van der Waals surface area contributed by atoms with E-state index in [-0.39, 0.29) is 24.8 Å². The highest BCUT2D eigenvalue weighted by molar-refractivity contribution is 5.90. The normalized spacial score (nSPS) is 20.3. The number of amides is 2. The van der Waals surface area contributed by atoms with Gasteiger partial charge in [-0.15, -0.1) is 0 Å². The van der Waals surface area contributed by atoms with Crippen molar-refractivity contribution in [3.63, 3.8) is 0 Å². The zero-order chi connectivity index (χ0) is 19.4. The zero-order valence-electron chi connectivity index (χ0n) is 15.3. The van der Waals surface area contributed by atoms with E-state index in [2.05, 4.69) is 10.2 Å². The van der Waals surface area contributed by atoms with Gasteiger partial charge in [0.15, 0.2) is 0 Å². The molecule has 0 aliphatic carbocycles. The second kappa shape index (κ2) is 8.25. The second-order valence-corrected chi connectivity index (χ2v) is 6.96. The summed E-state index contributed by atoms with van der Waals surface area (Å²) in [4.78, 5) is 29.9. The largest absolute Gasteiger partial charge is 0.442 e. The van der Waals surface area contributed by atoms with Gasteiger partial charge in [-0.3, -0.25) is 9.69 Å². The fourth-order valence-corrected chi connectivity index (χ4v) is 3.50. The SMILES string of the molecule is [C-]#[N+]CC1CCN(c2ccc(N3C[C@H](CNC(C)=O)OC3=O)cc2F)CC1. The van der Waals surface area contributed by atoms with Crippen LogP contribution in [-0.2, 0) is 9.53 Å². The number of rotatable bonds is 5. The van der Waals surface area contributed by atoms with Crippen LogP contribution >= 0.6 is 0 Å². The van der Waals surface area contributed by atoms with E-state index in [0.29, 0.717) is 23.8 Å². The van der Waals surface area contributed by atoms with Crippen LogP contribution in [0.2, 0.25) is 0 Å². The number of anilines is 2. The predicted molar refractivity (Wildman–Crippen MR) is 99.1 cm³/mol. The maximum atomic E-state index is 14.7. The van der Waals surface area contributed by atoms with Gasteiger partial charge in [0, 0.05) is 25.9 Å². The van der Waals surface area contributed by atoms with Crippen molar-refractivity contribution in [1.82, 2.24) is 5.32 Å². The fourth-order valence-electron chi connectivity index (χ4n) is 3.50. The van der Waals surface area contributed by atoms with Crippen LogP contribution in [0.4, 0.5) is 20.6 Å². The first kappa shape index (κ1) is 19.0. The summed E-state index contributed by atoms with van der Waals surface area (Å²) in [5.41, 5.74) is 0.955. The molecule has 0 unspecified atom stereocenters. The third-order valence-electron chi connectivity index (χ3n) is 5.00. The van der Waals surface area contributed by atoms with E-state index in [0.717, 1.165) is 25.9 Å². The molecule has 1 aromatic carbocycles. The van der Waals surface area contributed by atoms with E-state index in [1.165, 1.54) is 17.9 Å². The van der Waals surface area contributed by atoms with Crippen molar-refractivity contribution in [2.75, 3.05) is 42.5 Å². The van der Waals surface area contributed by atoms with Crippen LogP contribution in [0.3, 0.4) is 0 Å². The summed E-state index contributed by atoms with van der Waals surface area (Å²) < 4.78 is 19.9. The lowest BCUT2D eigenvalue weighted by Crippen LogP contribution is -2.35. The van der Waals surface area contributed by atoms with E-state index in [1.807, 2.05) is 4.90 Å². The van der Waals surface area contributed by atoms with Crippen molar-refractivity contribution in [2.45, 2.75) is 25.9 Å².